The SMILES string of the molecule is C[C@@H](Cc1c(-c2ccc(F)cc2)[nH]c2c(F)cc(F)cc12)C(=O)N[C@@H]1C(O)NC[C@H]1O. The molecule has 1 aliphatic heterocycles. The Morgan fingerprint density at radius 1 is 1.16 bits per heavy atom. The molecule has 5 N–H and O–H groups in total. The highest BCUT2D eigenvalue weighted by atomic mass is 19.1. The van der Waals surface area contributed by atoms with Gasteiger partial charge in [0.2, 0.25) is 5.91 Å². The van der Waals surface area contributed by atoms with E-state index in [-0.39, 0.29) is 18.5 Å². The van der Waals surface area contributed by atoms with Crippen molar-refractivity contribution in [3.63, 3.8) is 0 Å². The molecular weight excluding hydrogens is 411 g/mol. The highest BCUT2D eigenvalue weighted by molar-refractivity contribution is 5.92. The Labute approximate surface area is 176 Å². The van der Waals surface area contributed by atoms with E-state index >= 15 is 0 Å². The second-order valence-corrected chi connectivity index (χ2v) is 7.86. The fourth-order valence-corrected chi connectivity index (χ4v) is 3.94. The summed E-state index contributed by atoms with van der Waals surface area (Å²) in [6, 6.07) is 6.64. The first kappa shape index (κ1) is 21.4. The molecule has 0 spiro atoms. The van der Waals surface area contributed by atoms with Gasteiger partial charge in [-0.1, -0.05) is 6.92 Å². The highest BCUT2D eigenvalue weighted by Crippen LogP contribution is 2.34. The number of fused-ring (bicyclic) bond motifs is 1. The van der Waals surface area contributed by atoms with E-state index in [0.717, 1.165) is 6.07 Å². The number of halogens is 3. The molecular formula is C22H22F3N3O3. The highest BCUT2D eigenvalue weighted by Gasteiger charge is 2.35. The summed E-state index contributed by atoms with van der Waals surface area (Å²) in [6.07, 6.45) is -1.89. The van der Waals surface area contributed by atoms with E-state index in [1.165, 1.54) is 30.3 Å². The molecule has 0 saturated carbocycles. The Bertz CT molecular complexity index is 1110. The molecule has 2 heterocycles. The number of β-amino-alcohol motifs (C(OH)–C–C–N with tert-alkyl or cyclic N) is 1. The number of aliphatic hydroxyl groups excluding tert-OH is 2. The van der Waals surface area contributed by atoms with E-state index in [1.807, 2.05) is 0 Å². The summed E-state index contributed by atoms with van der Waals surface area (Å²) in [5, 5.41) is 25.3. The zero-order valence-corrected chi connectivity index (χ0v) is 16.6. The van der Waals surface area contributed by atoms with Crippen LogP contribution in [0.15, 0.2) is 36.4 Å². The van der Waals surface area contributed by atoms with Gasteiger partial charge >= 0.3 is 0 Å². The van der Waals surface area contributed by atoms with Crippen LogP contribution in [-0.2, 0) is 11.2 Å². The lowest BCUT2D eigenvalue weighted by Crippen LogP contribution is -2.49. The molecule has 4 atom stereocenters. The molecule has 1 aliphatic rings. The average Bonchev–Trinajstić information content (AvgIpc) is 3.23. The smallest absolute Gasteiger partial charge is 0.223 e. The molecule has 1 saturated heterocycles. The minimum Gasteiger partial charge on any atom is -0.389 e. The zero-order chi connectivity index (χ0) is 22.3. The Hall–Kier alpha value is -2.88. The molecule has 0 aliphatic carbocycles. The number of carbonyl (C=O) groups excluding carboxylic acids is 1. The molecule has 0 radical (unpaired) electrons. The van der Waals surface area contributed by atoms with Gasteiger partial charge in [0.15, 0.2) is 0 Å². The van der Waals surface area contributed by atoms with Crippen LogP contribution in [0.1, 0.15) is 12.5 Å². The maximum absolute atomic E-state index is 14.4. The molecule has 6 nitrogen and oxygen atoms in total. The molecule has 3 aromatic rings. The topological polar surface area (TPSA) is 97.4 Å². The van der Waals surface area contributed by atoms with Crippen molar-refractivity contribution in [1.29, 1.82) is 0 Å². The number of rotatable bonds is 5. The number of hydrogen-bond acceptors (Lipinski definition) is 4. The van der Waals surface area contributed by atoms with Gasteiger partial charge in [-0.3, -0.25) is 10.1 Å². The Balaban J connectivity index is 1.69. The van der Waals surface area contributed by atoms with Gasteiger partial charge in [0.05, 0.1) is 17.7 Å². The molecule has 1 fully saturated rings. The van der Waals surface area contributed by atoms with E-state index in [2.05, 4.69) is 15.6 Å². The second kappa shape index (κ2) is 8.33. The number of aromatic nitrogens is 1. The Morgan fingerprint density at radius 2 is 1.87 bits per heavy atom. The van der Waals surface area contributed by atoms with Crippen LogP contribution in [0.2, 0.25) is 0 Å². The minimum absolute atomic E-state index is 0.0918. The zero-order valence-electron chi connectivity index (χ0n) is 16.6. The van der Waals surface area contributed by atoms with Crippen molar-refractivity contribution in [2.75, 3.05) is 6.54 Å². The maximum Gasteiger partial charge on any atom is 0.223 e. The van der Waals surface area contributed by atoms with Crippen LogP contribution in [-0.4, -0.2) is 46.0 Å². The summed E-state index contributed by atoms with van der Waals surface area (Å²) >= 11 is 0. The monoisotopic (exact) mass is 433 g/mol. The first-order chi connectivity index (χ1) is 14.7. The predicted molar refractivity (Wildman–Crippen MR) is 108 cm³/mol. The van der Waals surface area contributed by atoms with Crippen molar-refractivity contribution in [1.82, 2.24) is 15.6 Å². The summed E-state index contributed by atoms with van der Waals surface area (Å²) in [5.41, 5.74) is 1.62. The van der Waals surface area contributed by atoms with E-state index < -0.39 is 47.7 Å². The van der Waals surface area contributed by atoms with Gasteiger partial charge in [-0.05, 0) is 47.9 Å². The minimum atomic E-state index is -1.07. The number of benzene rings is 2. The third-order valence-electron chi connectivity index (χ3n) is 5.62. The van der Waals surface area contributed by atoms with Crippen molar-refractivity contribution < 1.29 is 28.2 Å². The van der Waals surface area contributed by atoms with E-state index in [4.69, 9.17) is 0 Å². The fourth-order valence-electron chi connectivity index (χ4n) is 3.94. The van der Waals surface area contributed by atoms with Gasteiger partial charge < -0.3 is 20.5 Å². The lowest BCUT2D eigenvalue weighted by molar-refractivity contribution is -0.126. The van der Waals surface area contributed by atoms with Crippen molar-refractivity contribution in [2.24, 2.45) is 5.92 Å². The molecule has 0 bridgehead atoms. The van der Waals surface area contributed by atoms with E-state index in [0.29, 0.717) is 22.2 Å². The molecule has 1 unspecified atom stereocenters. The summed E-state index contributed by atoms with van der Waals surface area (Å²) in [4.78, 5) is 15.7. The van der Waals surface area contributed by atoms with Crippen LogP contribution >= 0.6 is 0 Å². The van der Waals surface area contributed by atoms with Gasteiger partial charge in [0.1, 0.15) is 23.7 Å². The number of aromatic amines is 1. The molecule has 1 amide bonds. The second-order valence-electron chi connectivity index (χ2n) is 7.86. The van der Waals surface area contributed by atoms with Crippen molar-refractivity contribution in [2.45, 2.75) is 31.7 Å². The molecule has 2 aromatic carbocycles. The summed E-state index contributed by atoms with van der Waals surface area (Å²) < 4.78 is 41.7. The van der Waals surface area contributed by atoms with Gasteiger partial charge in [-0.25, -0.2) is 13.2 Å². The van der Waals surface area contributed by atoms with E-state index in [1.54, 1.807) is 6.92 Å². The number of hydrogen-bond donors (Lipinski definition) is 5. The van der Waals surface area contributed by atoms with Crippen molar-refractivity contribution in [3.8, 4) is 11.3 Å². The first-order valence-electron chi connectivity index (χ1n) is 9.90. The summed E-state index contributed by atoms with van der Waals surface area (Å²) in [7, 11) is 0. The molecule has 9 heteroatoms. The number of nitrogens with one attached hydrogen (secondary N) is 3. The summed E-state index contributed by atoms with van der Waals surface area (Å²) in [5.74, 6) is -3.04. The van der Waals surface area contributed by atoms with Crippen LogP contribution in [0.4, 0.5) is 13.2 Å². The molecule has 1 aromatic heterocycles. The number of carbonyl (C=O) groups is 1. The van der Waals surface area contributed by atoms with Gasteiger partial charge in [0.25, 0.3) is 0 Å². The summed E-state index contributed by atoms with van der Waals surface area (Å²) in [6.45, 7) is 1.79. The fraction of sp³-hybridized carbons (Fsp3) is 0.318. The van der Waals surface area contributed by atoms with Crippen LogP contribution in [0.5, 0.6) is 0 Å². The van der Waals surface area contributed by atoms with Crippen LogP contribution in [0, 0.1) is 23.4 Å². The van der Waals surface area contributed by atoms with Gasteiger partial charge in [0, 0.05) is 29.6 Å². The van der Waals surface area contributed by atoms with Crippen molar-refractivity contribution in [3.05, 3.63) is 59.4 Å². The number of amides is 1. The predicted octanol–water partition coefficient (Wildman–Crippen LogP) is 2.20. The third kappa shape index (κ3) is 4.16. The lowest BCUT2D eigenvalue weighted by Gasteiger charge is -2.21. The van der Waals surface area contributed by atoms with Crippen LogP contribution in [0.3, 0.4) is 0 Å². The molecule has 4 rings (SSSR count). The largest absolute Gasteiger partial charge is 0.389 e. The Kier molecular flexibility index (Phi) is 5.74. The normalized spacial score (nSPS) is 22.1. The lowest BCUT2D eigenvalue weighted by atomic mass is 9.95. The standard InChI is InChI=1S/C22H22F3N3O3/c1-10(21(30)28-20-17(29)9-26-22(20)31)6-14-15-7-13(24)8-16(25)19(15)27-18(14)11-2-4-12(23)5-3-11/h2-5,7-8,10,17,20,22,26-27,29,31H,6,9H2,1H3,(H,28,30)/t10-,17+,20-,22?/m0/s1. The first-order valence-corrected chi connectivity index (χ1v) is 9.90. The number of aliphatic hydroxyl groups is 2. The average molecular weight is 433 g/mol. The number of H-pyrrole nitrogens is 1. The Morgan fingerprint density at radius 3 is 2.52 bits per heavy atom. The van der Waals surface area contributed by atoms with Gasteiger partial charge in [-0.15, -0.1) is 0 Å². The quantitative estimate of drug-likeness (QED) is 0.426. The van der Waals surface area contributed by atoms with Gasteiger partial charge in [-0.2, -0.15) is 0 Å². The van der Waals surface area contributed by atoms with Crippen LogP contribution < -0.4 is 10.6 Å². The molecule has 31 heavy (non-hydrogen) atoms. The van der Waals surface area contributed by atoms with Crippen molar-refractivity contribution >= 4 is 16.8 Å². The maximum atomic E-state index is 14.4. The van der Waals surface area contributed by atoms with E-state index in [9.17, 15) is 28.2 Å². The third-order valence-corrected chi connectivity index (χ3v) is 5.62. The molecule has 164 valence electrons. The van der Waals surface area contributed by atoms with Crippen LogP contribution in [0.25, 0.3) is 22.2 Å².